The summed E-state index contributed by atoms with van der Waals surface area (Å²) in [6.07, 6.45) is 0.0595. The van der Waals surface area contributed by atoms with Crippen LogP contribution in [0.3, 0.4) is 0 Å². The van der Waals surface area contributed by atoms with Gasteiger partial charge in [-0.3, -0.25) is 19.3 Å². The smallest absolute Gasteiger partial charge is 0.332 e. The van der Waals surface area contributed by atoms with E-state index in [0.29, 0.717) is 0 Å². The molecule has 0 saturated carbocycles. The van der Waals surface area contributed by atoms with Crippen molar-refractivity contribution in [1.29, 1.82) is 0 Å². The van der Waals surface area contributed by atoms with Gasteiger partial charge in [0, 0.05) is 18.6 Å². The Balaban J connectivity index is 3.00. The van der Waals surface area contributed by atoms with Gasteiger partial charge in [0.2, 0.25) is 11.8 Å². The minimum absolute atomic E-state index is 0.0297. The molecule has 0 aliphatic carbocycles. The van der Waals surface area contributed by atoms with Gasteiger partial charge in [-0.2, -0.15) is 12.6 Å². The number of hydrogen-bond donors (Lipinski definition) is 3. The number of rotatable bonds is 5. The molecular weight excluding hydrogens is 260 g/mol. The number of imide groups is 1. The maximum atomic E-state index is 12.0. The molecule has 0 aromatic rings. The van der Waals surface area contributed by atoms with Gasteiger partial charge in [-0.05, 0) is 6.92 Å². The first kappa shape index (κ1) is 14.7. The van der Waals surface area contributed by atoms with Gasteiger partial charge in [-0.1, -0.05) is 0 Å². The van der Waals surface area contributed by atoms with Gasteiger partial charge in [-0.25, -0.2) is 4.79 Å². The molecule has 1 fully saturated rings. The van der Waals surface area contributed by atoms with E-state index >= 15 is 0 Å². The summed E-state index contributed by atoms with van der Waals surface area (Å²) in [6, 6.07) is -1.19. The number of likely N-dealkylation sites (tertiary alicyclic amines) is 1. The van der Waals surface area contributed by atoms with Crippen LogP contribution in [0.15, 0.2) is 0 Å². The first-order valence-electron chi connectivity index (χ1n) is 5.28. The van der Waals surface area contributed by atoms with E-state index in [0.717, 1.165) is 4.90 Å². The molecule has 7 nitrogen and oxygen atoms in total. The van der Waals surface area contributed by atoms with E-state index in [1.54, 1.807) is 0 Å². The number of amides is 2. The molecule has 0 radical (unpaired) electrons. The zero-order chi connectivity index (χ0) is 14.1. The van der Waals surface area contributed by atoms with Crippen molar-refractivity contribution in [3.63, 3.8) is 0 Å². The lowest BCUT2D eigenvalue weighted by Gasteiger charge is -2.28. The second-order valence-electron chi connectivity index (χ2n) is 4.13. The molecule has 0 spiro atoms. The normalized spacial score (nSPS) is 20.7. The molecule has 1 rings (SSSR count). The molecule has 2 atom stereocenters. The number of ketones is 1. The molecule has 0 bridgehead atoms. The van der Waals surface area contributed by atoms with Crippen LogP contribution in [-0.4, -0.2) is 50.9 Å². The van der Waals surface area contributed by atoms with E-state index in [4.69, 9.17) is 10.8 Å². The molecule has 1 heterocycles. The Hall–Kier alpha value is -1.41. The quantitative estimate of drug-likeness (QED) is 0.329. The average molecular weight is 274 g/mol. The van der Waals surface area contributed by atoms with Crippen LogP contribution in [-0.2, 0) is 19.2 Å². The minimum Gasteiger partial charge on any atom is -0.480 e. The van der Waals surface area contributed by atoms with Gasteiger partial charge in [-0.15, -0.1) is 0 Å². The second kappa shape index (κ2) is 5.07. The highest BCUT2D eigenvalue weighted by Gasteiger charge is 2.47. The third-order valence-corrected chi connectivity index (χ3v) is 3.43. The van der Waals surface area contributed by atoms with Crippen LogP contribution in [0.1, 0.15) is 19.8 Å². The SMILES string of the molecule is CC(C(=O)C(N)(CS)C(=O)O)N1C(=O)CCC1=O. The molecule has 0 aromatic heterocycles. The standard InChI is InChI=1S/C10H14N2O5S/c1-5(12-6(13)2-3-7(12)14)8(15)10(11,4-18)9(16)17/h5,18H,2-4,11H2,1H3,(H,16,17). The summed E-state index contributed by atoms with van der Waals surface area (Å²) >= 11 is 3.75. The highest BCUT2D eigenvalue weighted by molar-refractivity contribution is 7.80. The topological polar surface area (TPSA) is 118 Å². The lowest BCUT2D eigenvalue weighted by Crippen LogP contribution is -2.62. The molecule has 1 aliphatic rings. The summed E-state index contributed by atoms with van der Waals surface area (Å²) in [6.45, 7) is 1.29. The van der Waals surface area contributed by atoms with Crippen molar-refractivity contribution >= 4 is 36.2 Å². The Morgan fingerprint density at radius 2 is 1.89 bits per heavy atom. The van der Waals surface area contributed by atoms with Crippen molar-refractivity contribution in [3.05, 3.63) is 0 Å². The zero-order valence-electron chi connectivity index (χ0n) is 9.75. The summed E-state index contributed by atoms with van der Waals surface area (Å²) in [5.41, 5.74) is 3.27. The predicted octanol–water partition coefficient (Wildman–Crippen LogP) is -1.20. The van der Waals surface area contributed by atoms with Crippen molar-refractivity contribution in [2.75, 3.05) is 5.75 Å². The molecule has 1 saturated heterocycles. The Morgan fingerprint density at radius 1 is 1.44 bits per heavy atom. The van der Waals surface area contributed by atoms with Crippen LogP contribution in [0.4, 0.5) is 0 Å². The zero-order valence-corrected chi connectivity index (χ0v) is 10.6. The number of Topliss-reactive ketones (excluding diaryl/α,β-unsaturated/α-hetero) is 1. The van der Waals surface area contributed by atoms with Crippen LogP contribution in [0.25, 0.3) is 0 Å². The summed E-state index contributed by atoms with van der Waals surface area (Å²) in [5.74, 6) is -3.84. The Labute approximate surface area is 109 Å². The molecule has 2 amide bonds. The van der Waals surface area contributed by atoms with Gasteiger partial charge in [0.05, 0.1) is 6.04 Å². The molecule has 0 aromatic carbocycles. The summed E-state index contributed by atoms with van der Waals surface area (Å²) in [4.78, 5) is 46.7. The van der Waals surface area contributed by atoms with E-state index in [-0.39, 0.29) is 12.8 Å². The fraction of sp³-hybridized carbons (Fsp3) is 0.600. The molecule has 2 unspecified atom stereocenters. The highest BCUT2D eigenvalue weighted by Crippen LogP contribution is 2.19. The molecule has 18 heavy (non-hydrogen) atoms. The maximum absolute atomic E-state index is 12.0. The van der Waals surface area contributed by atoms with Crippen molar-refractivity contribution in [3.8, 4) is 0 Å². The van der Waals surface area contributed by atoms with Gasteiger partial charge in [0.15, 0.2) is 11.3 Å². The molecule has 100 valence electrons. The average Bonchev–Trinajstić information content (AvgIpc) is 2.65. The number of hydrogen-bond acceptors (Lipinski definition) is 6. The monoisotopic (exact) mass is 274 g/mol. The molecular formula is C10H14N2O5S. The first-order chi connectivity index (χ1) is 8.25. The van der Waals surface area contributed by atoms with Crippen molar-refractivity contribution in [1.82, 2.24) is 4.90 Å². The number of carboxylic acid groups (broad SMARTS) is 1. The predicted molar refractivity (Wildman–Crippen MR) is 64.0 cm³/mol. The number of thiol groups is 1. The van der Waals surface area contributed by atoms with E-state index in [2.05, 4.69) is 12.6 Å². The third-order valence-electron chi connectivity index (χ3n) is 2.93. The van der Waals surface area contributed by atoms with Crippen LogP contribution in [0.2, 0.25) is 0 Å². The van der Waals surface area contributed by atoms with Gasteiger partial charge in [0.25, 0.3) is 0 Å². The van der Waals surface area contributed by atoms with Gasteiger partial charge < -0.3 is 10.8 Å². The molecule has 1 aliphatic heterocycles. The number of nitrogens with zero attached hydrogens (tertiary/aromatic N) is 1. The second-order valence-corrected chi connectivity index (χ2v) is 4.45. The van der Waals surface area contributed by atoms with Crippen LogP contribution in [0.5, 0.6) is 0 Å². The third kappa shape index (κ3) is 2.25. The van der Waals surface area contributed by atoms with Crippen molar-refractivity contribution in [2.45, 2.75) is 31.3 Å². The largest absolute Gasteiger partial charge is 0.480 e. The van der Waals surface area contributed by atoms with Crippen LogP contribution in [0, 0.1) is 0 Å². The van der Waals surface area contributed by atoms with E-state index in [1.807, 2.05) is 0 Å². The highest BCUT2D eigenvalue weighted by atomic mass is 32.1. The Morgan fingerprint density at radius 3 is 2.22 bits per heavy atom. The fourth-order valence-corrected chi connectivity index (χ4v) is 2.06. The summed E-state index contributed by atoms with van der Waals surface area (Å²) in [5, 5.41) is 8.94. The van der Waals surface area contributed by atoms with Gasteiger partial charge >= 0.3 is 5.97 Å². The van der Waals surface area contributed by atoms with Crippen LogP contribution < -0.4 is 5.73 Å². The van der Waals surface area contributed by atoms with E-state index in [1.165, 1.54) is 6.92 Å². The van der Waals surface area contributed by atoms with Crippen LogP contribution >= 0.6 is 12.6 Å². The van der Waals surface area contributed by atoms with Gasteiger partial charge in [0.1, 0.15) is 0 Å². The number of aliphatic carboxylic acids is 1. The number of nitrogens with two attached hydrogens (primary N) is 1. The van der Waals surface area contributed by atoms with Crippen molar-refractivity contribution < 1.29 is 24.3 Å². The first-order valence-corrected chi connectivity index (χ1v) is 5.91. The molecule has 8 heteroatoms. The molecule has 3 N–H and O–H groups in total. The number of carbonyl (C=O) groups is 4. The fourth-order valence-electron chi connectivity index (χ4n) is 1.77. The Bertz CT molecular complexity index is 408. The summed E-state index contributed by atoms with van der Waals surface area (Å²) in [7, 11) is 0. The number of carboxylic acids is 1. The van der Waals surface area contributed by atoms with E-state index in [9.17, 15) is 19.2 Å². The maximum Gasteiger partial charge on any atom is 0.332 e. The lowest BCUT2D eigenvalue weighted by molar-refractivity contribution is -0.153. The number of carbonyl (C=O) groups excluding carboxylic acids is 3. The Kier molecular flexibility index (Phi) is 4.12. The van der Waals surface area contributed by atoms with Crippen molar-refractivity contribution in [2.24, 2.45) is 5.73 Å². The lowest BCUT2D eigenvalue weighted by atomic mass is 9.92. The summed E-state index contributed by atoms with van der Waals surface area (Å²) < 4.78 is 0. The van der Waals surface area contributed by atoms with E-state index < -0.39 is 40.9 Å². The minimum atomic E-state index is -2.20.